The summed E-state index contributed by atoms with van der Waals surface area (Å²) in [5.74, 6) is 0.960. The number of sulfonamides is 1. The van der Waals surface area contributed by atoms with E-state index in [2.05, 4.69) is 14.8 Å². The summed E-state index contributed by atoms with van der Waals surface area (Å²) in [5, 5.41) is 4.66. The van der Waals surface area contributed by atoms with E-state index in [9.17, 15) is 8.42 Å². The van der Waals surface area contributed by atoms with E-state index in [1.165, 1.54) is 10.7 Å². The molecular formula is C16H18N4O3S. The second-order valence-corrected chi connectivity index (χ2v) is 6.95. The molecule has 1 N–H and O–H groups in total. The molecule has 0 aliphatic carbocycles. The van der Waals surface area contributed by atoms with Gasteiger partial charge in [-0.1, -0.05) is 0 Å². The number of anilines is 1. The van der Waals surface area contributed by atoms with Crippen LogP contribution in [0.15, 0.2) is 41.4 Å². The molecule has 0 spiro atoms. The van der Waals surface area contributed by atoms with Crippen LogP contribution in [-0.2, 0) is 17.1 Å². The zero-order valence-electron chi connectivity index (χ0n) is 13.6. The van der Waals surface area contributed by atoms with Gasteiger partial charge in [0.15, 0.2) is 0 Å². The molecule has 0 fully saturated rings. The van der Waals surface area contributed by atoms with Gasteiger partial charge in [0.05, 0.1) is 17.2 Å². The van der Waals surface area contributed by atoms with E-state index in [1.54, 1.807) is 44.4 Å². The van der Waals surface area contributed by atoms with Crippen LogP contribution < -0.4 is 9.46 Å². The standard InChI is InChI=1S/C16H18N4O3S/c1-4-23-13-7-8-14(12-6-5-9-17-16(12)13)24(21,22)19-15-10-11(2)18-20(15)3/h5-10,19H,4H2,1-3H3. The van der Waals surface area contributed by atoms with Crippen LogP contribution in [0.25, 0.3) is 10.9 Å². The van der Waals surface area contributed by atoms with Gasteiger partial charge < -0.3 is 4.74 Å². The summed E-state index contributed by atoms with van der Waals surface area (Å²) < 4.78 is 35.2. The van der Waals surface area contributed by atoms with E-state index in [0.29, 0.717) is 29.1 Å². The second kappa shape index (κ2) is 6.12. The van der Waals surface area contributed by atoms with Crippen LogP contribution in [0.4, 0.5) is 5.82 Å². The van der Waals surface area contributed by atoms with Crippen LogP contribution in [0.5, 0.6) is 5.75 Å². The highest BCUT2D eigenvalue weighted by molar-refractivity contribution is 7.93. The topological polar surface area (TPSA) is 86.1 Å². The van der Waals surface area contributed by atoms with Crippen LogP contribution in [0.2, 0.25) is 0 Å². The summed E-state index contributed by atoms with van der Waals surface area (Å²) in [6.45, 7) is 4.14. The minimum absolute atomic E-state index is 0.146. The number of nitrogens with zero attached hydrogens (tertiary/aromatic N) is 3. The molecule has 24 heavy (non-hydrogen) atoms. The zero-order chi connectivity index (χ0) is 17.3. The van der Waals surface area contributed by atoms with Crippen molar-refractivity contribution in [3.8, 4) is 5.75 Å². The van der Waals surface area contributed by atoms with Crippen molar-refractivity contribution in [3.05, 3.63) is 42.2 Å². The third-order valence-electron chi connectivity index (χ3n) is 3.52. The largest absolute Gasteiger partial charge is 0.492 e. The SMILES string of the molecule is CCOc1ccc(S(=O)(=O)Nc2cc(C)nn2C)c2cccnc12. The Morgan fingerprint density at radius 3 is 2.75 bits per heavy atom. The number of hydrogen-bond acceptors (Lipinski definition) is 5. The maximum Gasteiger partial charge on any atom is 0.263 e. The van der Waals surface area contributed by atoms with Gasteiger partial charge in [-0.25, -0.2) is 8.42 Å². The number of aryl methyl sites for hydroxylation is 2. The Labute approximate surface area is 140 Å². The van der Waals surface area contributed by atoms with E-state index >= 15 is 0 Å². The molecule has 8 heteroatoms. The highest BCUT2D eigenvalue weighted by atomic mass is 32.2. The Morgan fingerprint density at radius 1 is 1.29 bits per heavy atom. The molecule has 0 aliphatic rings. The summed E-state index contributed by atoms with van der Waals surface area (Å²) in [4.78, 5) is 4.41. The first-order valence-electron chi connectivity index (χ1n) is 7.46. The second-order valence-electron chi connectivity index (χ2n) is 5.29. The molecule has 7 nitrogen and oxygen atoms in total. The molecule has 0 atom stereocenters. The summed E-state index contributed by atoms with van der Waals surface area (Å²) in [5.41, 5.74) is 1.25. The first-order chi connectivity index (χ1) is 11.4. The third-order valence-corrected chi connectivity index (χ3v) is 4.94. The monoisotopic (exact) mass is 346 g/mol. The molecule has 1 aromatic carbocycles. The van der Waals surface area contributed by atoms with Gasteiger partial charge in [-0.05, 0) is 38.1 Å². The van der Waals surface area contributed by atoms with Gasteiger partial charge in [0.1, 0.15) is 17.1 Å². The van der Waals surface area contributed by atoms with E-state index in [4.69, 9.17) is 4.74 Å². The zero-order valence-corrected chi connectivity index (χ0v) is 14.5. The lowest BCUT2D eigenvalue weighted by molar-refractivity contribution is 0.343. The third kappa shape index (κ3) is 2.92. The minimum Gasteiger partial charge on any atom is -0.492 e. The van der Waals surface area contributed by atoms with Gasteiger partial charge in [0.25, 0.3) is 10.0 Å². The molecule has 0 aliphatic heterocycles. The lowest BCUT2D eigenvalue weighted by Gasteiger charge is -2.12. The molecule has 0 unspecified atom stereocenters. The van der Waals surface area contributed by atoms with Crippen molar-refractivity contribution in [1.82, 2.24) is 14.8 Å². The summed E-state index contributed by atoms with van der Waals surface area (Å²) in [7, 11) is -2.10. The number of pyridine rings is 1. The molecule has 0 saturated heterocycles. The Balaban J connectivity index is 2.11. The molecule has 0 radical (unpaired) electrons. The van der Waals surface area contributed by atoms with Crippen LogP contribution in [-0.4, -0.2) is 29.8 Å². The summed E-state index contributed by atoms with van der Waals surface area (Å²) >= 11 is 0. The fraction of sp³-hybridized carbons (Fsp3) is 0.250. The average Bonchev–Trinajstić information content (AvgIpc) is 2.84. The highest BCUT2D eigenvalue weighted by Crippen LogP contribution is 2.30. The minimum atomic E-state index is -3.79. The van der Waals surface area contributed by atoms with Crippen LogP contribution in [0.1, 0.15) is 12.6 Å². The molecule has 2 aromatic heterocycles. The number of nitrogens with one attached hydrogen (secondary N) is 1. The molecule has 0 bridgehead atoms. The van der Waals surface area contributed by atoms with Crippen molar-refractivity contribution in [2.75, 3.05) is 11.3 Å². The Morgan fingerprint density at radius 2 is 2.08 bits per heavy atom. The van der Waals surface area contributed by atoms with Crippen LogP contribution in [0, 0.1) is 6.92 Å². The number of rotatable bonds is 5. The van der Waals surface area contributed by atoms with Crippen molar-refractivity contribution in [2.45, 2.75) is 18.7 Å². The lowest BCUT2D eigenvalue weighted by atomic mass is 10.2. The maximum atomic E-state index is 12.8. The first-order valence-corrected chi connectivity index (χ1v) is 8.94. The van der Waals surface area contributed by atoms with Gasteiger partial charge >= 0.3 is 0 Å². The molecule has 0 amide bonds. The normalized spacial score (nSPS) is 11.6. The fourth-order valence-corrected chi connectivity index (χ4v) is 3.80. The molecule has 3 aromatic rings. The number of benzene rings is 1. The van der Waals surface area contributed by atoms with Gasteiger partial charge in [0.2, 0.25) is 0 Å². The van der Waals surface area contributed by atoms with E-state index < -0.39 is 10.0 Å². The smallest absolute Gasteiger partial charge is 0.263 e. The summed E-state index contributed by atoms with van der Waals surface area (Å²) in [6, 6.07) is 8.24. The van der Waals surface area contributed by atoms with Crippen molar-refractivity contribution < 1.29 is 13.2 Å². The number of ether oxygens (including phenoxy) is 1. The quantitative estimate of drug-likeness (QED) is 0.767. The van der Waals surface area contributed by atoms with Crippen molar-refractivity contribution >= 4 is 26.7 Å². The molecule has 3 rings (SSSR count). The van der Waals surface area contributed by atoms with Crippen molar-refractivity contribution in [3.63, 3.8) is 0 Å². The summed E-state index contributed by atoms with van der Waals surface area (Å²) in [6.07, 6.45) is 1.61. The molecular weight excluding hydrogens is 328 g/mol. The number of aromatic nitrogens is 3. The van der Waals surface area contributed by atoms with E-state index in [0.717, 1.165) is 5.69 Å². The van der Waals surface area contributed by atoms with Crippen LogP contribution >= 0.6 is 0 Å². The predicted octanol–water partition coefficient (Wildman–Crippen LogP) is 2.48. The van der Waals surface area contributed by atoms with E-state index in [-0.39, 0.29) is 4.90 Å². The number of hydrogen-bond donors (Lipinski definition) is 1. The molecule has 2 heterocycles. The van der Waals surface area contributed by atoms with Gasteiger partial charge in [-0.3, -0.25) is 14.4 Å². The Kier molecular flexibility index (Phi) is 4.15. The van der Waals surface area contributed by atoms with E-state index in [1.807, 2.05) is 6.92 Å². The first kappa shape index (κ1) is 16.3. The Bertz CT molecular complexity index is 996. The van der Waals surface area contributed by atoms with Gasteiger partial charge in [-0.15, -0.1) is 0 Å². The van der Waals surface area contributed by atoms with Gasteiger partial charge in [-0.2, -0.15) is 5.10 Å². The number of fused-ring (bicyclic) bond motifs is 1. The van der Waals surface area contributed by atoms with Crippen molar-refractivity contribution in [1.29, 1.82) is 0 Å². The van der Waals surface area contributed by atoms with Crippen molar-refractivity contribution in [2.24, 2.45) is 7.05 Å². The Hall–Kier alpha value is -2.61. The van der Waals surface area contributed by atoms with Gasteiger partial charge in [0, 0.05) is 24.7 Å². The predicted molar refractivity (Wildman–Crippen MR) is 91.7 cm³/mol. The fourth-order valence-electron chi connectivity index (χ4n) is 2.53. The maximum absolute atomic E-state index is 12.8. The highest BCUT2D eigenvalue weighted by Gasteiger charge is 2.21. The lowest BCUT2D eigenvalue weighted by Crippen LogP contribution is -2.16. The molecule has 126 valence electrons. The van der Waals surface area contributed by atoms with Crippen LogP contribution in [0.3, 0.4) is 0 Å². The molecule has 0 saturated carbocycles. The average molecular weight is 346 g/mol.